The number of hydrogen-bond acceptors (Lipinski definition) is 3. The molecule has 0 saturated carbocycles. The number of ketones is 1. The van der Waals surface area contributed by atoms with Crippen molar-refractivity contribution in [3.05, 3.63) is 64.7 Å². The first-order valence-corrected chi connectivity index (χ1v) is 8.32. The van der Waals surface area contributed by atoms with E-state index in [1.807, 2.05) is 0 Å². The van der Waals surface area contributed by atoms with Gasteiger partial charge in [-0.05, 0) is 43.3 Å². The standard InChI is InChI=1S/C19H21ClN2O/c1-15-2-8-18(9-3-15)22-12-10-21(11-13-22)14-19(23)16-4-6-17(20)7-5-16/h2-9H,10-14H2,1H3. The smallest absolute Gasteiger partial charge is 0.176 e. The lowest BCUT2D eigenvalue weighted by molar-refractivity contribution is 0.0926. The van der Waals surface area contributed by atoms with Crippen molar-refractivity contribution in [3.63, 3.8) is 0 Å². The SMILES string of the molecule is Cc1ccc(N2CCN(CC(=O)c3ccc(Cl)cc3)CC2)cc1. The number of aryl methyl sites for hydroxylation is 1. The lowest BCUT2D eigenvalue weighted by Gasteiger charge is -2.35. The number of anilines is 1. The predicted octanol–water partition coefficient (Wildman–Crippen LogP) is 3.65. The molecule has 0 amide bonds. The van der Waals surface area contributed by atoms with Crippen LogP contribution in [0, 0.1) is 6.92 Å². The van der Waals surface area contributed by atoms with E-state index in [1.165, 1.54) is 11.3 Å². The Morgan fingerprint density at radius 1 is 0.957 bits per heavy atom. The molecule has 0 bridgehead atoms. The van der Waals surface area contributed by atoms with Gasteiger partial charge in [0.2, 0.25) is 0 Å². The van der Waals surface area contributed by atoms with Crippen LogP contribution >= 0.6 is 11.6 Å². The van der Waals surface area contributed by atoms with Crippen molar-refractivity contribution >= 4 is 23.1 Å². The molecule has 0 aromatic heterocycles. The number of piperazine rings is 1. The molecule has 0 N–H and O–H groups in total. The van der Waals surface area contributed by atoms with Gasteiger partial charge in [-0.25, -0.2) is 0 Å². The summed E-state index contributed by atoms with van der Waals surface area (Å²) in [7, 11) is 0. The van der Waals surface area contributed by atoms with Crippen molar-refractivity contribution in [3.8, 4) is 0 Å². The molecular formula is C19H21ClN2O. The average molecular weight is 329 g/mol. The van der Waals surface area contributed by atoms with Gasteiger partial charge in [-0.3, -0.25) is 9.69 Å². The van der Waals surface area contributed by atoms with Crippen LogP contribution in [-0.2, 0) is 0 Å². The van der Waals surface area contributed by atoms with Crippen molar-refractivity contribution in [2.45, 2.75) is 6.92 Å². The number of carbonyl (C=O) groups is 1. The topological polar surface area (TPSA) is 23.6 Å². The van der Waals surface area contributed by atoms with Gasteiger partial charge in [0.05, 0.1) is 6.54 Å². The quantitative estimate of drug-likeness (QED) is 0.800. The molecule has 1 saturated heterocycles. The second-order valence-electron chi connectivity index (χ2n) is 6.03. The number of benzene rings is 2. The van der Waals surface area contributed by atoms with Crippen LogP contribution in [0.3, 0.4) is 0 Å². The summed E-state index contributed by atoms with van der Waals surface area (Å²) < 4.78 is 0. The van der Waals surface area contributed by atoms with Crippen LogP contribution < -0.4 is 4.90 Å². The number of nitrogens with zero attached hydrogens (tertiary/aromatic N) is 2. The van der Waals surface area contributed by atoms with Gasteiger partial charge in [-0.15, -0.1) is 0 Å². The molecule has 2 aromatic rings. The van der Waals surface area contributed by atoms with Crippen LogP contribution in [0.5, 0.6) is 0 Å². The van der Waals surface area contributed by atoms with Gasteiger partial charge in [0, 0.05) is 42.5 Å². The van der Waals surface area contributed by atoms with Crippen LogP contribution in [-0.4, -0.2) is 43.4 Å². The minimum absolute atomic E-state index is 0.158. The highest BCUT2D eigenvalue weighted by Crippen LogP contribution is 2.17. The van der Waals surface area contributed by atoms with Crippen LogP contribution in [0.25, 0.3) is 0 Å². The summed E-state index contributed by atoms with van der Waals surface area (Å²) in [6.45, 7) is 6.31. The number of rotatable bonds is 4. The van der Waals surface area contributed by atoms with Gasteiger partial charge < -0.3 is 4.90 Å². The molecule has 1 aliphatic heterocycles. The maximum absolute atomic E-state index is 12.3. The third-order valence-electron chi connectivity index (χ3n) is 4.30. The lowest BCUT2D eigenvalue weighted by atomic mass is 10.1. The number of carbonyl (C=O) groups excluding carboxylic acids is 1. The molecule has 2 aromatic carbocycles. The molecule has 3 rings (SSSR count). The first-order valence-electron chi connectivity index (χ1n) is 7.94. The Balaban J connectivity index is 1.53. The summed E-state index contributed by atoms with van der Waals surface area (Å²) in [6.07, 6.45) is 0. The Hall–Kier alpha value is -1.84. The van der Waals surface area contributed by atoms with Crippen LogP contribution in [0.1, 0.15) is 15.9 Å². The molecule has 1 heterocycles. The van der Waals surface area contributed by atoms with Crippen LogP contribution in [0.2, 0.25) is 5.02 Å². The summed E-state index contributed by atoms with van der Waals surface area (Å²) in [4.78, 5) is 16.9. The van der Waals surface area contributed by atoms with E-state index in [2.05, 4.69) is 41.0 Å². The summed E-state index contributed by atoms with van der Waals surface area (Å²) in [5, 5.41) is 0.660. The zero-order valence-corrected chi connectivity index (χ0v) is 14.1. The van der Waals surface area contributed by atoms with Crippen molar-refractivity contribution in [2.75, 3.05) is 37.6 Å². The van der Waals surface area contributed by atoms with Crippen molar-refractivity contribution in [1.82, 2.24) is 4.90 Å². The van der Waals surface area contributed by atoms with E-state index in [0.717, 1.165) is 31.7 Å². The van der Waals surface area contributed by atoms with Gasteiger partial charge in [0.1, 0.15) is 0 Å². The number of halogens is 1. The summed E-state index contributed by atoms with van der Waals surface area (Å²) in [5.74, 6) is 0.158. The Bertz CT molecular complexity index is 659. The fraction of sp³-hybridized carbons (Fsp3) is 0.316. The minimum Gasteiger partial charge on any atom is -0.369 e. The molecule has 1 aliphatic rings. The Morgan fingerprint density at radius 3 is 2.17 bits per heavy atom. The molecule has 1 fully saturated rings. The molecule has 0 radical (unpaired) electrons. The predicted molar refractivity (Wildman–Crippen MR) is 95.6 cm³/mol. The fourth-order valence-corrected chi connectivity index (χ4v) is 2.98. The van der Waals surface area contributed by atoms with Gasteiger partial charge in [0.15, 0.2) is 5.78 Å². The number of Topliss-reactive ketones (excluding diaryl/α,β-unsaturated/α-hetero) is 1. The maximum Gasteiger partial charge on any atom is 0.176 e. The Labute approximate surface area is 142 Å². The highest BCUT2D eigenvalue weighted by atomic mass is 35.5. The van der Waals surface area contributed by atoms with E-state index >= 15 is 0 Å². The second-order valence-corrected chi connectivity index (χ2v) is 6.47. The third kappa shape index (κ3) is 4.12. The first-order chi connectivity index (χ1) is 11.1. The molecular weight excluding hydrogens is 308 g/mol. The summed E-state index contributed by atoms with van der Waals surface area (Å²) in [5.41, 5.74) is 3.27. The molecule has 0 unspecified atom stereocenters. The highest BCUT2D eigenvalue weighted by Gasteiger charge is 2.19. The Kier molecular flexibility index (Phi) is 4.99. The molecule has 0 atom stereocenters. The average Bonchev–Trinajstić information content (AvgIpc) is 2.57. The minimum atomic E-state index is 0.158. The molecule has 23 heavy (non-hydrogen) atoms. The highest BCUT2D eigenvalue weighted by molar-refractivity contribution is 6.30. The van der Waals surface area contributed by atoms with Crippen molar-refractivity contribution in [1.29, 1.82) is 0 Å². The summed E-state index contributed by atoms with van der Waals surface area (Å²) >= 11 is 5.86. The molecule has 3 nitrogen and oxygen atoms in total. The number of hydrogen-bond donors (Lipinski definition) is 0. The molecule has 4 heteroatoms. The zero-order chi connectivity index (χ0) is 16.2. The van der Waals surface area contributed by atoms with Gasteiger partial charge in [-0.1, -0.05) is 29.3 Å². The van der Waals surface area contributed by atoms with Crippen molar-refractivity contribution in [2.24, 2.45) is 0 Å². The van der Waals surface area contributed by atoms with E-state index in [1.54, 1.807) is 24.3 Å². The van der Waals surface area contributed by atoms with Gasteiger partial charge in [-0.2, -0.15) is 0 Å². The lowest BCUT2D eigenvalue weighted by Crippen LogP contribution is -2.48. The van der Waals surface area contributed by atoms with E-state index in [0.29, 0.717) is 11.6 Å². The van der Waals surface area contributed by atoms with Gasteiger partial charge >= 0.3 is 0 Å². The molecule has 120 valence electrons. The Morgan fingerprint density at radius 2 is 1.57 bits per heavy atom. The van der Waals surface area contributed by atoms with Crippen molar-refractivity contribution < 1.29 is 4.79 Å². The first kappa shape index (κ1) is 16.0. The monoisotopic (exact) mass is 328 g/mol. The largest absolute Gasteiger partial charge is 0.369 e. The fourth-order valence-electron chi connectivity index (χ4n) is 2.85. The normalized spacial score (nSPS) is 15.7. The molecule has 0 spiro atoms. The molecule has 0 aliphatic carbocycles. The van der Waals surface area contributed by atoms with E-state index in [4.69, 9.17) is 11.6 Å². The summed E-state index contributed by atoms with van der Waals surface area (Å²) in [6, 6.07) is 15.8. The maximum atomic E-state index is 12.3. The zero-order valence-electron chi connectivity index (χ0n) is 13.3. The van der Waals surface area contributed by atoms with Crippen LogP contribution in [0.4, 0.5) is 5.69 Å². The van der Waals surface area contributed by atoms with E-state index in [9.17, 15) is 4.79 Å². The second kappa shape index (κ2) is 7.16. The van der Waals surface area contributed by atoms with E-state index in [-0.39, 0.29) is 5.78 Å². The third-order valence-corrected chi connectivity index (χ3v) is 4.56. The van der Waals surface area contributed by atoms with E-state index < -0.39 is 0 Å². The van der Waals surface area contributed by atoms with Crippen LogP contribution in [0.15, 0.2) is 48.5 Å². The van der Waals surface area contributed by atoms with Gasteiger partial charge in [0.25, 0.3) is 0 Å².